The Bertz CT molecular complexity index is 563. The van der Waals surface area contributed by atoms with Gasteiger partial charge in [-0.15, -0.1) is 0 Å². The molecule has 1 aromatic carbocycles. The average Bonchev–Trinajstić information content (AvgIpc) is 2.70. The molecule has 1 heterocycles. The highest BCUT2D eigenvalue weighted by molar-refractivity contribution is 9.10. The summed E-state index contributed by atoms with van der Waals surface area (Å²) in [5.74, 6) is -0.0527. The van der Waals surface area contributed by atoms with E-state index in [1.165, 1.54) is 0 Å². The summed E-state index contributed by atoms with van der Waals surface area (Å²) in [4.78, 5) is 11.8. The molecule has 4 nitrogen and oxygen atoms in total. The molecule has 2 aromatic rings. The number of nitrogens with two attached hydrogens (primary N) is 1. The Labute approximate surface area is 107 Å². The van der Waals surface area contributed by atoms with Crippen LogP contribution in [-0.2, 0) is 0 Å². The van der Waals surface area contributed by atoms with E-state index in [4.69, 9.17) is 10.2 Å². The van der Waals surface area contributed by atoms with Crippen LogP contribution in [-0.4, -0.2) is 5.91 Å². The van der Waals surface area contributed by atoms with Gasteiger partial charge in [0.25, 0.3) is 5.91 Å². The topological polar surface area (TPSA) is 68.3 Å². The number of rotatable bonds is 2. The summed E-state index contributed by atoms with van der Waals surface area (Å²) in [5.41, 5.74) is 7.89. The van der Waals surface area contributed by atoms with Gasteiger partial charge in [0.2, 0.25) is 0 Å². The first-order valence-electron chi connectivity index (χ1n) is 4.99. The summed E-state index contributed by atoms with van der Waals surface area (Å²) < 4.78 is 5.68. The molecular formula is C12H11BrN2O2. The minimum atomic E-state index is -0.301. The number of benzene rings is 1. The number of nitrogens with one attached hydrogen (secondary N) is 1. The zero-order valence-electron chi connectivity index (χ0n) is 9.16. The van der Waals surface area contributed by atoms with Crippen molar-refractivity contribution in [2.24, 2.45) is 0 Å². The van der Waals surface area contributed by atoms with Crippen LogP contribution in [0.1, 0.15) is 16.1 Å². The maximum Gasteiger partial charge on any atom is 0.291 e. The number of hydrogen-bond acceptors (Lipinski definition) is 3. The number of carbonyl (C=O) groups is 1. The third-order valence-electron chi connectivity index (χ3n) is 2.31. The molecule has 0 radical (unpaired) electrons. The maximum absolute atomic E-state index is 11.8. The van der Waals surface area contributed by atoms with Crippen molar-refractivity contribution >= 4 is 33.2 Å². The molecule has 0 saturated carbocycles. The van der Waals surface area contributed by atoms with Crippen molar-refractivity contribution in [1.29, 1.82) is 0 Å². The van der Waals surface area contributed by atoms with Gasteiger partial charge in [0.15, 0.2) is 10.4 Å². The molecule has 0 aliphatic carbocycles. The van der Waals surface area contributed by atoms with Crippen LogP contribution in [0.25, 0.3) is 0 Å². The van der Waals surface area contributed by atoms with Crippen LogP contribution < -0.4 is 11.1 Å². The zero-order chi connectivity index (χ0) is 12.4. The van der Waals surface area contributed by atoms with Gasteiger partial charge >= 0.3 is 0 Å². The lowest BCUT2D eigenvalue weighted by Crippen LogP contribution is -2.12. The smallest absolute Gasteiger partial charge is 0.291 e. The number of aryl methyl sites for hydroxylation is 1. The van der Waals surface area contributed by atoms with E-state index in [1.54, 1.807) is 24.3 Å². The third kappa shape index (κ3) is 2.68. The number of amides is 1. The van der Waals surface area contributed by atoms with Gasteiger partial charge in [-0.1, -0.05) is 6.07 Å². The minimum absolute atomic E-state index is 0.249. The lowest BCUT2D eigenvalue weighted by molar-refractivity contribution is 0.0995. The van der Waals surface area contributed by atoms with Crippen molar-refractivity contribution < 1.29 is 9.21 Å². The minimum Gasteiger partial charge on any atom is -0.444 e. The van der Waals surface area contributed by atoms with E-state index in [1.807, 2.05) is 13.0 Å². The van der Waals surface area contributed by atoms with Crippen LogP contribution in [0.2, 0.25) is 0 Å². The highest BCUT2D eigenvalue weighted by Crippen LogP contribution is 2.20. The number of anilines is 2. The average molecular weight is 295 g/mol. The summed E-state index contributed by atoms with van der Waals surface area (Å²) in [6.07, 6.45) is 0. The molecular weight excluding hydrogens is 284 g/mol. The van der Waals surface area contributed by atoms with E-state index in [-0.39, 0.29) is 11.7 Å². The van der Waals surface area contributed by atoms with Crippen LogP contribution in [0.5, 0.6) is 0 Å². The number of carbonyl (C=O) groups excluding carboxylic acids is 1. The molecule has 0 aliphatic rings. The summed E-state index contributed by atoms with van der Waals surface area (Å²) in [5, 5.41) is 2.75. The lowest BCUT2D eigenvalue weighted by Gasteiger charge is -2.07. The van der Waals surface area contributed by atoms with Gasteiger partial charge < -0.3 is 15.5 Å². The van der Waals surface area contributed by atoms with Crippen molar-refractivity contribution in [3.05, 3.63) is 46.3 Å². The van der Waals surface area contributed by atoms with Crippen LogP contribution in [0.15, 0.2) is 39.4 Å². The molecule has 3 N–H and O–H groups in total. The molecule has 0 saturated heterocycles. The lowest BCUT2D eigenvalue weighted by atomic mass is 10.2. The van der Waals surface area contributed by atoms with E-state index in [0.29, 0.717) is 16.0 Å². The van der Waals surface area contributed by atoms with Crippen molar-refractivity contribution in [3.8, 4) is 0 Å². The molecule has 0 spiro atoms. The normalized spacial score (nSPS) is 10.2. The number of hydrogen-bond donors (Lipinski definition) is 2. The Morgan fingerprint density at radius 3 is 2.76 bits per heavy atom. The van der Waals surface area contributed by atoms with Crippen LogP contribution in [0, 0.1) is 6.92 Å². The number of furan rings is 1. The van der Waals surface area contributed by atoms with Gasteiger partial charge in [-0.05, 0) is 52.7 Å². The predicted octanol–water partition coefficient (Wildman–Crippen LogP) is 3.19. The van der Waals surface area contributed by atoms with Gasteiger partial charge in [0.1, 0.15) is 0 Å². The summed E-state index contributed by atoms with van der Waals surface area (Å²) in [6.45, 7) is 1.90. The number of nitrogen functional groups attached to an aromatic ring is 1. The fourth-order valence-electron chi connectivity index (χ4n) is 1.39. The van der Waals surface area contributed by atoms with Crippen molar-refractivity contribution in [2.45, 2.75) is 6.92 Å². The Hall–Kier alpha value is -1.75. The first kappa shape index (κ1) is 11.7. The third-order valence-corrected chi connectivity index (χ3v) is 2.73. The second-order valence-corrected chi connectivity index (χ2v) is 4.41. The highest BCUT2D eigenvalue weighted by Gasteiger charge is 2.11. The van der Waals surface area contributed by atoms with Crippen LogP contribution in [0.4, 0.5) is 11.4 Å². The molecule has 0 atom stereocenters. The Kier molecular flexibility index (Phi) is 3.19. The Morgan fingerprint density at radius 2 is 2.12 bits per heavy atom. The summed E-state index contributed by atoms with van der Waals surface area (Å²) >= 11 is 3.15. The molecule has 1 aromatic heterocycles. The highest BCUT2D eigenvalue weighted by atomic mass is 79.9. The molecule has 0 fully saturated rings. The fourth-order valence-corrected chi connectivity index (χ4v) is 1.70. The second kappa shape index (κ2) is 4.63. The molecule has 2 rings (SSSR count). The first-order valence-corrected chi connectivity index (χ1v) is 5.78. The first-order chi connectivity index (χ1) is 8.06. The van der Waals surface area contributed by atoms with E-state index in [2.05, 4.69) is 21.2 Å². The Morgan fingerprint density at radius 1 is 1.35 bits per heavy atom. The largest absolute Gasteiger partial charge is 0.444 e. The van der Waals surface area contributed by atoms with E-state index in [9.17, 15) is 4.79 Å². The van der Waals surface area contributed by atoms with Gasteiger partial charge in [-0.3, -0.25) is 4.79 Å². The SMILES string of the molecule is Cc1ccc(N)cc1NC(=O)c1ccc(Br)o1. The van der Waals surface area contributed by atoms with Crippen molar-refractivity contribution in [2.75, 3.05) is 11.1 Å². The molecule has 0 bridgehead atoms. The fraction of sp³-hybridized carbons (Fsp3) is 0.0833. The predicted molar refractivity (Wildman–Crippen MR) is 70.0 cm³/mol. The molecule has 5 heteroatoms. The molecule has 88 valence electrons. The van der Waals surface area contributed by atoms with Crippen molar-refractivity contribution in [1.82, 2.24) is 0 Å². The molecule has 17 heavy (non-hydrogen) atoms. The van der Waals surface area contributed by atoms with Gasteiger partial charge in [-0.25, -0.2) is 0 Å². The van der Waals surface area contributed by atoms with Gasteiger partial charge in [0.05, 0.1) is 0 Å². The zero-order valence-corrected chi connectivity index (χ0v) is 10.7. The van der Waals surface area contributed by atoms with Gasteiger partial charge in [-0.2, -0.15) is 0 Å². The second-order valence-electron chi connectivity index (χ2n) is 3.63. The maximum atomic E-state index is 11.8. The van der Waals surface area contributed by atoms with E-state index in [0.717, 1.165) is 5.56 Å². The summed E-state index contributed by atoms with van der Waals surface area (Å²) in [7, 11) is 0. The Balaban J connectivity index is 2.21. The van der Waals surface area contributed by atoms with Crippen LogP contribution in [0.3, 0.4) is 0 Å². The molecule has 0 unspecified atom stereocenters. The van der Waals surface area contributed by atoms with E-state index < -0.39 is 0 Å². The van der Waals surface area contributed by atoms with Gasteiger partial charge in [0, 0.05) is 11.4 Å². The molecule has 1 amide bonds. The summed E-state index contributed by atoms with van der Waals surface area (Å²) in [6, 6.07) is 8.62. The quantitative estimate of drug-likeness (QED) is 0.836. The molecule has 0 aliphatic heterocycles. The number of halogens is 1. The van der Waals surface area contributed by atoms with E-state index >= 15 is 0 Å². The standard InChI is InChI=1S/C12H11BrN2O2/c1-7-2-3-8(14)6-9(7)15-12(16)10-4-5-11(13)17-10/h2-6H,14H2,1H3,(H,15,16). The van der Waals surface area contributed by atoms with Crippen molar-refractivity contribution in [3.63, 3.8) is 0 Å². The van der Waals surface area contributed by atoms with Crippen LogP contribution >= 0.6 is 15.9 Å². The monoisotopic (exact) mass is 294 g/mol.